The number of carbonyl (C=O) groups excluding carboxylic acids is 4. The van der Waals surface area contributed by atoms with Gasteiger partial charge >= 0.3 is 6.03 Å². The van der Waals surface area contributed by atoms with Crippen molar-refractivity contribution in [2.75, 3.05) is 9.91 Å². The number of benzene rings is 2. The molecule has 0 spiro atoms. The number of urea groups is 1. The molecular formula is C23H20N4O4. The number of barbiturate groups is 1. The van der Waals surface area contributed by atoms with Gasteiger partial charge in [0.1, 0.15) is 5.57 Å². The Morgan fingerprint density at radius 2 is 1.55 bits per heavy atom. The van der Waals surface area contributed by atoms with Crippen molar-refractivity contribution in [1.82, 2.24) is 5.32 Å². The Balaban J connectivity index is 1.69. The molecule has 0 saturated carbocycles. The van der Waals surface area contributed by atoms with E-state index in [2.05, 4.69) is 10.4 Å². The van der Waals surface area contributed by atoms with E-state index in [1.165, 1.54) is 11.1 Å². The molecule has 2 heterocycles. The molecule has 31 heavy (non-hydrogen) atoms. The van der Waals surface area contributed by atoms with Crippen LogP contribution < -0.4 is 15.2 Å². The van der Waals surface area contributed by atoms with Crippen LogP contribution in [0, 0.1) is 19.8 Å². The van der Waals surface area contributed by atoms with Crippen LogP contribution in [-0.2, 0) is 14.4 Å². The molecule has 156 valence electrons. The van der Waals surface area contributed by atoms with Gasteiger partial charge in [0.15, 0.2) is 0 Å². The lowest BCUT2D eigenvalue weighted by Gasteiger charge is -2.27. The van der Waals surface area contributed by atoms with E-state index in [0.29, 0.717) is 17.1 Å². The third-order valence-electron chi connectivity index (χ3n) is 5.08. The van der Waals surface area contributed by atoms with Crippen LogP contribution in [0.25, 0.3) is 0 Å². The Bertz CT molecular complexity index is 1160. The normalized spacial score (nSPS) is 20.4. The van der Waals surface area contributed by atoms with Crippen LogP contribution in [0.4, 0.5) is 16.2 Å². The van der Waals surface area contributed by atoms with E-state index >= 15 is 0 Å². The van der Waals surface area contributed by atoms with Crippen molar-refractivity contribution in [2.45, 2.75) is 20.8 Å². The smallest absolute Gasteiger partial charge is 0.273 e. The molecule has 2 aromatic carbocycles. The number of hydrogen-bond acceptors (Lipinski definition) is 5. The molecule has 1 N–H and O–H groups in total. The second-order valence-corrected chi connectivity index (χ2v) is 7.53. The Hall–Kier alpha value is -4.07. The molecule has 0 bridgehead atoms. The van der Waals surface area contributed by atoms with Crippen LogP contribution in [0.5, 0.6) is 0 Å². The van der Waals surface area contributed by atoms with Crippen LogP contribution in [0.15, 0.2) is 65.3 Å². The van der Waals surface area contributed by atoms with E-state index in [9.17, 15) is 19.2 Å². The summed E-state index contributed by atoms with van der Waals surface area (Å²) >= 11 is 0. The molecule has 0 aromatic heterocycles. The maximum Gasteiger partial charge on any atom is 0.335 e. The first-order valence-corrected chi connectivity index (χ1v) is 9.70. The fourth-order valence-electron chi connectivity index (χ4n) is 3.68. The highest BCUT2D eigenvalue weighted by Gasteiger charge is 2.40. The SMILES string of the molecule is CC1=NN(c2ccccc2)C(=O)[C@H]1/C=C1/C(=O)NC(=O)N(c2cc(C)cc(C)c2)C1=O. The molecule has 4 rings (SSSR count). The minimum absolute atomic E-state index is 0.276. The predicted molar refractivity (Wildman–Crippen MR) is 116 cm³/mol. The van der Waals surface area contributed by atoms with Crippen molar-refractivity contribution in [2.24, 2.45) is 11.0 Å². The van der Waals surface area contributed by atoms with Crippen LogP contribution in [0.3, 0.4) is 0 Å². The average molecular weight is 416 g/mol. The van der Waals surface area contributed by atoms with Crippen LogP contribution in [0.2, 0.25) is 0 Å². The summed E-state index contributed by atoms with van der Waals surface area (Å²) < 4.78 is 0. The number of nitrogens with zero attached hydrogens (tertiary/aromatic N) is 3. The quantitative estimate of drug-likeness (QED) is 0.614. The van der Waals surface area contributed by atoms with Gasteiger partial charge in [0.05, 0.1) is 23.0 Å². The van der Waals surface area contributed by atoms with Crippen molar-refractivity contribution < 1.29 is 19.2 Å². The van der Waals surface area contributed by atoms with Gasteiger partial charge < -0.3 is 0 Å². The van der Waals surface area contributed by atoms with Crippen LogP contribution >= 0.6 is 0 Å². The fraction of sp³-hybridized carbons (Fsp3) is 0.174. The largest absolute Gasteiger partial charge is 0.335 e. The van der Waals surface area contributed by atoms with Gasteiger partial charge in [-0.25, -0.2) is 9.69 Å². The second-order valence-electron chi connectivity index (χ2n) is 7.53. The van der Waals surface area contributed by atoms with Crippen molar-refractivity contribution in [3.8, 4) is 0 Å². The van der Waals surface area contributed by atoms with Gasteiger partial charge in [-0.15, -0.1) is 0 Å². The van der Waals surface area contributed by atoms with Crippen molar-refractivity contribution in [3.05, 3.63) is 71.3 Å². The maximum absolute atomic E-state index is 13.1. The minimum Gasteiger partial charge on any atom is -0.273 e. The number of amides is 5. The first kappa shape index (κ1) is 20.2. The number of rotatable bonds is 3. The number of para-hydroxylation sites is 1. The summed E-state index contributed by atoms with van der Waals surface area (Å²) in [5.74, 6) is -2.89. The molecule has 1 saturated heterocycles. The topological polar surface area (TPSA) is 99.2 Å². The first-order valence-electron chi connectivity index (χ1n) is 9.70. The van der Waals surface area contributed by atoms with Crippen LogP contribution in [0.1, 0.15) is 18.1 Å². The van der Waals surface area contributed by atoms with Crippen molar-refractivity contribution in [1.29, 1.82) is 0 Å². The summed E-state index contributed by atoms with van der Waals surface area (Å²) in [4.78, 5) is 51.9. The van der Waals surface area contributed by atoms with Gasteiger partial charge in [-0.05, 0) is 62.2 Å². The van der Waals surface area contributed by atoms with Gasteiger partial charge in [-0.3, -0.25) is 19.7 Å². The van der Waals surface area contributed by atoms with E-state index in [-0.39, 0.29) is 11.5 Å². The fourth-order valence-corrected chi connectivity index (χ4v) is 3.68. The predicted octanol–water partition coefficient (Wildman–Crippen LogP) is 2.85. The molecule has 2 aliphatic heterocycles. The van der Waals surface area contributed by atoms with E-state index < -0.39 is 23.8 Å². The van der Waals surface area contributed by atoms with E-state index in [1.54, 1.807) is 43.3 Å². The van der Waals surface area contributed by atoms with Gasteiger partial charge in [0.25, 0.3) is 17.7 Å². The molecule has 8 nitrogen and oxygen atoms in total. The van der Waals surface area contributed by atoms with Gasteiger partial charge in [0, 0.05) is 0 Å². The standard InChI is InChI=1S/C23H20N4O4/c1-13-9-14(2)11-17(10-13)26-21(29)19(20(28)24-23(26)31)12-18-15(3)25-27(22(18)30)16-7-5-4-6-8-16/h4-12,18H,1-3H3,(H,24,28,31)/b19-12-/t18-/m0/s1. The lowest BCUT2D eigenvalue weighted by atomic mass is 9.98. The van der Waals surface area contributed by atoms with Crippen LogP contribution in [-0.4, -0.2) is 29.5 Å². The second kappa shape index (κ2) is 7.64. The number of hydrazone groups is 1. The number of carbonyl (C=O) groups is 4. The lowest BCUT2D eigenvalue weighted by Crippen LogP contribution is -2.54. The third kappa shape index (κ3) is 3.63. The number of hydrogen-bond donors (Lipinski definition) is 1. The zero-order valence-electron chi connectivity index (χ0n) is 17.2. The summed E-state index contributed by atoms with van der Waals surface area (Å²) in [5.41, 5.74) is 2.83. The van der Waals surface area contributed by atoms with Gasteiger partial charge in [0.2, 0.25) is 0 Å². The summed E-state index contributed by atoms with van der Waals surface area (Å²) in [6.45, 7) is 5.35. The van der Waals surface area contributed by atoms with E-state index in [0.717, 1.165) is 16.0 Å². The van der Waals surface area contributed by atoms with Gasteiger partial charge in [-0.1, -0.05) is 24.3 Å². The summed E-state index contributed by atoms with van der Waals surface area (Å²) in [6, 6.07) is 13.3. The summed E-state index contributed by atoms with van der Waals surface area (Å²) in [6.07, 6.45) is 1.28. The maximum atomic E-state index is 13.1. The van der Waals surface area contributed by atoms with E-state index in [1.807, 2.05) is 26.0 Å². The van der Waals surface area contributed by atoms with Gasteiger partial charge in [-0.2, -0.15) is 10.1 Å². The Morgan fingerprint density at radius 1 is 0.903 bits per heavy atom. The average Bonchev–Trinajstić information content (AvgIpc) is 2.98. The molecule has 0 unspecified atom stereocenters. The molecule has 2 aliphatic rings. The Kier molecular flexibility index (Phi) is 4.98. The zero-order valence-corrected chi connectivity index (χ0v) is 17.2. The lowest BCUT2D eigenvalue weighted by molar-refractivity contribution is -0.122. The highest BCUT2D eigenvalue weighted by Crippen LogP contribution is 2.28. The number of nitrogens with one attached hydrogen (secondary N) is 1. The monoisotopic (exact) mass is 416 g/mol. The third-order valence-corrected chi connectivity index (χ3v) is 5.08. The molecule has 1 fully saturated rings. The van der Waals surface area contributed by atoms with Crippen molar-refractivity contribution in [3.63, 3.8) is 0 Å². The molecule has 8 heteroatoms. The first-order chi connectivity index (χ1) is 14.8. The minimum atomic E-state index is -0.890. The van der Waals surface area contributed by atoms with E-state index in [4.69, 9.17) is 0 Å². The van der Waals surface area contributed by atoms with Crippen molar-refractivity contribution >= 4 is 40.8 Å². The highest BCUT2D eigenvalue weighted by atomic mass is 16.2. The molecule has 0 radical (unpaired) electrons. The molecule has 1 atom stereocenters. The summed E-state index contributed by atoms with van der Waals surface area (Å²) in [7, 11) is 0. The molecule has 0 aliphatic carbocycles. The summed E-state index contributed by atoms with van der Waals surface area (Å²) in [5, 5.41) is 7.72. The number of aryl methyl sites for hydroxylation is 2. The highest BCUT2D eigenvalue weighted by molar-refractivity contribution is 6.38. The number of imide groups is 2. The Morgan fingerprint density at radius 3 is 2.19 bits per heavy atom. The molecular weight excluding hydrogens is 396 g/mol. The zero-order chi connectivity index (χ0) is 22.3. The molecule has 2 aromatic rings. The Labute approximate surface area is 178 Å². The molecule has 5 amide bonds. The number of anilines is 2.